The van der Waals surface area contributed by atoms with Crippen LogP contribution in [0.5, 0.6) is 5.75 Å². The van der Waals surface area contributed by atoms with Crippen molar-refractivity contribution in [2.24, 2.45) is 11.8 Å². The first kappa shape index (κ1) is 16.3. The van der Waals surface area contributed by atoms with E-state index < -0.39 is 5.97 Å². The van der Waals surface area contributed by atoms with Gasteiger partial charge in [-0.25, -0.2) is 4.79 Å². The highest BCUT2D eigenvalue weighted by atomic mass is 16.5. The monoisotopic (exact) mass is 305 g/mol. The number of methoxy groups -OCH3 is 1. The van der Waals surface area contributed by atoms with Gasteiger partial charge in [-0.1, -0.05) is 25.8 Å². The SMILES string of the molecule is COc1ccc(CNC(=O)[C@@H]2CCC[C@H](C)C2)cc1C(=O)O. The van der Waals surface area contributed by atoms with Gasteiger partial charge in [-0.3, -0.25) is 4.79 Å². The Morgan fingerprint density at radius 2 is 2.14 bits per heavy atom. The Balaban J connectivity index is 1.97. The molecule has 1 saturated carbocycles. The summed E-state index contributed by atoms with van der Waals surface area (Å²) in [7, 11) is 1.44. The highest BCUT2D eigenvalue weighted by Crippen LogP contribution is 2.28. The zero-order chi connectivity index (χ0) is 16.1. The molecule has 5 nitrogen and oxygen atoms in total. The predicted molar refractivity (Wildman–Crippen MR) is 82.9 cm³/mol. The van der Waals surface area contributed by atoms with Crippen LogP contribution in [-0.2, 0) is 11.3 Å². The lowest BCUT2D eigenvalue weighted by atomic mass is 9.82. The second-order valence-electron chi connectivity index (χ2n) is 6.03. The van der Waals surface area contributed by atoms with Crippen LogP contribution in [0.15, 0.2) is 18.2 Å². The van der Waals surface area contributed by atoms with E-state index in [2.05, 4.69) is 12.2 Å². The van der Waals surface area contributed by atoms with E-state index in [0.29, 0.717) is 18.2 Å². The van der Waals surface area contributed by atoms with Gasteiger partial charge in [0.05, 0.1) is 7.11 Å². The molecule has 0 saturated heterocycles. The standard InChI is InChI=1S/C17H23NO4/c1-11-4-3-5-13(8-11)16(19)18-10-12-6-7-15(22-2)14(9-12)17(20)21/h6-7,9,11,13H,3-5,8,10H2,1-2H3,(H,18,19)(H,20,21)/t11-,13+/m0/s1. The highest BCUT2D eigenvalue weighted by molar-refractivity contribution is 5.91. The molecule has 2 N–H and O–H groups in total. The number of carboxylic acids is 1. The Labute approximate surface area is 130 Å². The number of hydrogen-bond acceptors (Lipinski definition) is 3. The largest absolute Gasteiger partial charge is 0.496 e. The van der Waals surface area contributed by atoms with Gasteiger partial charge in [-0.2, -0.15) is 0 Å². The molecule has 0 unspecified atom stereocenters. The smallest absolute Gasteiger partial charge is 0.339 e. The van der Waals surface area contributed by atoms with Crippen molar-refractivity contribution in [1.82, 2.24) is 5.32 Å². The lowest BCUT2D eigenvalue weighted by Crippen LogP contribution is -2.33. The van der Waals surface area contributed by atoms with Crippen molar-refractivity contribution in [3.8, 4) is 5.75 Å². The normalized spacial score (nSPS) is 21.2. The maximum Gasteiger partial charge on any atom is 0.339 e. The Morgan fingerprint density at radius 3 is 2.77 bits per heavy atom. The Morgan fingerprint density at radius 1 is 1.36 bits per heavy atom. The summed E-state index contributed by atoms with van der Waals surface area (Å²) >= 11 is 0. The van der Waals surface area contributed by atoms with Crippen LogP contribution in [0.4, 0.5) is 0 Å². The summed E-state index contributed by atoms with van der Waals surface area (Å²) in [5.74, 6) is 0.0408. The molecule has 120 valence electrons. The molecule has 0 heterocycles. The van der Waals surface area contributed by atoms with E-state index in [1.54, 1.807) is 18.2 Å². The van der Waals surface area contributed by atoms with Gasteiger partial charge in [0, 0.05) is 12.5 Å². The molecule has 1 aliphatic rings. The molecule has 1 fully saturated rings. The van der Waals surface area contributed by atoms with E-state index in [4.69, 9.17) is 9.84 Å². The van der Waals surface area contributed by atoms with Crippen molar-refractivity contribution in [3.63, 3.8) is 0 Å². The number of amides is 1. The van der Waals surface area contributed by atoms with Crippen LogP contribution < -0.4 is 10.1 Å². The molecule has 0 aromatic heterocycles. The number of aromatic carboxylic acids is 1. The lowest BCUT2D eigenvalue weighted by molar-refractivity contribution is -0.126. The first-order valence-corrected chi connectivity index (χ1v) is 7.69. The third-order valence-corrected chi connectivity index (χ3v) is 4.27. The molecule has 1 amide bonds. The fourth-order valence-electron chi connectivity index (χ4n) is 3.04. The number of ether oxygens (including phenoxy) is 1. The number of carbonyl (C=O) groups excluding carboxylic acids is 1. The maximum absolute atomic E-state index is 12.2. The van der Waals surface area contributed by atoms with Crippen LogP contribution in [0.3, 0.4) is 0 Å². The fourth-order valence-corrected chi connectivity index (χ4v) is 3.04. The van der Waals surface area contributed by atoms with Gasteiger partial charge in [0.1, 0.15) is 11.3 Å². The lowest BCUT2D eigenvalue weighted by Gasteiger charge is -2.25. The van der Waals surface area contributed by atoms with Gasteiger partial charge in [-0.15, -0.1) is 0 Å². The molecule has 5 heteroatoms. The van der Waals surface area contributed by atoms with E-state index >= 15 is 0 Å². The van der Waals surface area contributed by atoms with Gasteiger partial charge in [0.2, 0.25) is 5.91 Å². The number of hydrogen-bond donors (Lipinski definition) is 2. The minimum Gasteiger partial charge on any atom is -0.496 e. The number of nitrogens with one attached hydrogen (secondary N) is 1. The molecule has 0 radical (unpaired) electrons. The first-order chi connectivity index (χ1) is 10.5. The van der Waals surface area contributed by atoms with Gasteiger partial charge in [-0.05, 0) is 36.5 Å². The molecule has 0 aliphatic heterocycles. The average Bonchev–Trinajstić information content (AvgIpc) is 2.52. The number of benzene rings is 1. The third-order valence-electron chi connectivity index (χ3n) is 4.27. The molecule has 1 aromatic rings. The zero-order valence-electron chi connectivity index (χ0n) is 13.1. The van der Waals surface area contributed by atoms with E-state index in [9.17, 15) is 9.59 Å². The third kappa shape index (κ3) is 4.00. The van der Waals surface area contributed by atoms with Gasteiger partial charge in [0.15, 0.2) is 0 Å². The fraction of sp³-hybridized carbons (Fsp3) is 0.529. The summed E-state index contributed by atoms with van der Waals surface area (Å²) in [6.07, 6.45) is 4.18. The minimum absolute atomic E-state index is 0.0687. The van der Waals surface area contributed by atoms with Crippen molar-refractivity contribution in [1.29, 1.82) is 0 Å². The first-order valence-electron chi connectivity index (χ1n) is 7.69. The summed E-state index contributed by atoms with van der Waals surface area (Å²) in [5, 5.41) is 12.1. The summed E-state index contributed by atoms with van der Waals surface area (Å²) in [4.78, 5) is 23.4. The van der Waals surface area contributed by atoms with Gasteiger partial charge in [0.25, 0.3) is 0 Å². The quantitative estimate of drug-likeness (QED) is 0.877. The zero-order valence-corrected chi connectivity index (χ0v) is 13.1. The van der Waals surface area contributed by atoms with E-state index in [0.717, 1.165) is 24.8 Å². The van der Waals surface area contributed by atoms with Crippen LogP contribution in [0.1, 0.15) is 48.5 Å². The van der Waals surface area contributed by atoms with Crippen molar-refractivity contribution >= 4 is 11.9 Å². The van der Waals surface area contributed by atoms with E-state index in [-0.39, 0.29) is 17.4 Å². The van der Waals surface area contributed by atoms with Crippen LogP contribution >= 0.6 is 0 Å². The van der Waals surface area contributed by atoms with E-state index in [1.165, 1.54) is 13.5 Å². The van der Waals surface area contributed by atoms with Crippen LogP contribution in [-0.4, -0.2) is 24.1 Å². The molecule has 0 bridgehead atoms. The van der Waals surface area contributed by atoms with Crippen molar-refractivity contribution in [3.05, 3.63) is 29.3 Å². The summed E-state index contributed by atoms with van der Waals surface area (Å²) in [5.41, 5.74) is 0.871. The van der Waals surface area contributed by atoms with Crippen molar-refractivity contribution in [2.45, 2.75) is 39.2 Å². The van der Waals surface area contributed by atoms with Crippen molar-refractivity contribution in [2.75, 3.05) is 7.11 Å². The summed E-state index contributed by atoms with van der Waals surface area (Å²) in [6, 6.07) is 4.94. The molecule has 2 rings (SSSR count). The average molecular weight is 305 g/mol. The van der Waals surface area contributed by atoms with Gasteiger partial charge >= 0.3 is 5.97 Å². The predicted octanol–water partition coefficient (Wildman–Crippen LogP) is 2.84. The molecule has 2 atom stereocenters. The molecular formula is C17H23NO4. The maximum atomic E-state index is 12.2. The molecule has 1 aromatic carbocycles. The Hall–Kier alpha value is -2.04. The Bertz CT molecular complexity index is 556. The second kappa shape index (κ2) is 7.29. The number of carboxylic acid groups (broad SMARTS) is 1. The van der Waals surface area contributed by atoms with Crippen LogP contribution in [0.25, 0.3) is 0 Å². The molecular weight excluding hydrogens is 282 g/mol. The summed E-state index contributed by atoms with van der Waals surface area (Å²) < 4.78 is 5.03. The molecule has 22 heavy (non-hydrogen) atoms. The van der Waals surface area contributed by atoms with Gasteiger partial charge < -0.3 is 15.2 Å². The number of rotatable bonds is 5. The molecule has 1 aliphatic carbocycles. The minimum atomic E-state index is -1.04. The van der Waals surface area contributed by atoms with Crippen LogP contribution in [0, 0.1) is 11.8 Å². The number of carbonyl (C=O) groups is 2. The second-order valence-corrected chi connectivity index (χ2v) is 6.03. The summed E-state index contributed by atoms with van der Waals surface area (Å²) in [6.45, 7) is 2.52. The van der Waals surface area contributed by atoms with E-state index in [1.807, 2.05) is 0 Å². The molecule has 0 spiro atoms. The Kier molecular flexibility index (Phi) is 5.41. The highest BCUT2D eigenvalue weighted by Gasteiger charge is 2.24. The van der Waals surface area contributed by atoms with Crippen molar-refractivity contribution < 1.29 is 19.4 Å². The van der Waals surface area contributed by atoms with Crippen LogP contribution in [0.2, 0.25) is 0 Å². The topological polar surface area (TPSA) is 75.6 Å².